The molecule has 32 heavy (non-hydrogen) atoms. The van der Waals surface area contributed by atoms with Gasteiger partial charge in [0.15, 0.2) is 10.8 Å². The topological polar surface area (TPSA) is 36.7 Å². The van der Waals surface area contributed by atoms with Crippen LogP contribution >= 0.6 is 11.8 Å². The molecule has 1 fully saturated rings. The molecular weight excluding hydrogens is 428 g/mol. The van der Waals surface area contributed by atoms with E-state index in [4.69, 9.17) is 0 Å². The van der Waals surface area contributed by atoms with Gasteiger partial charge in [0.25, 0.3) is 0 Å². The fraction of sp³-hybridized carbons (Fsp3) is 0.333. The number of piperazine rings is 1. The van der Waals surface area contributed by atoms with Crippen LogP contribution in [-0.4, -0.2) is 58.0 Å². The van der Waals surface area contributed by atoms with Crippen LogP contribution in [0.4, 0.5) is 14.5 Å². The number of hydrogen-bond donors (Lipinski definition) is 0. The molecule has 1 aliphatic heterocycles. The van der Waals surface area contributed by atoms with E-state index in [2.05, 4.69) is 50.7 Å². The average Bonchev–Trinajstić information content (AvgIpc) is 3.22. The molecule has 1 aliphatic rings. The van der Waals surface area contributed by atoms with E-state index < -0.39 is 11.6 Å². The minimum absolute atomic E-state index is 0.488. The minimum atomic E-state index is -0.536. The van der Waals surface area contributed by atoms with Crippen LogP contribution in [0.1, 0.15) is 12.0 Å². The molecule has 0 unspecified atom stereocenters. The van der Waals surface area contributed by atoms with Crippen molar-refractivity contribution in [1.29, 1.82) is 0 Å². The highest BCUT2D eigenvalue weighted by atomic mass is 32.2. The smallest absolute Gasteiger partial charge is 0.196 e. The predicted octanol–water partition coefficient (Wildman–Crippen LogP) is 4.77. The van der Waals surface area contributed by atoms with Crippen LogP contribution in [0.3, 0.4) is 0 Å². The molecule has 0 saturated carbocycles. The van der Waals surface area contributed by atoms with Crippen molar-refractivity contribution in [1.82, 2.24) is 19.5 Å². The van der Waals surface area contributed by atoms with Gasteiger partial charge in [-0.05, 0) is 55.1 Å². The quantitative estimate of drug-likeness (QED) is 0.310. The number of hydrogen-bond acceptors (Lipinski definition) is 5. The van der Waals surface area contributed by atoms with Crippen LogP contribution in [-0.2, 0) is 0 Å². The number of para-hydroxylation sites is 1. The maximum atomic E-state index is 14.0. The zero-order valence-corrected chi connectivity index (χ0v) is 18.8. The highest BCUT2D eigenvalue weighted by molar-refractivity contribution is 7.99. The maximum Gasteiger partial charge on any atom is 0.196 e. The van der Waals surface area contributed by atoms with Crippen molar-refractivity contribution >= 4 is 34.0 Å². The van der Waals surface area contributed by atoms with Crippen molar-refractivity contribution in [3.8, 4) is 0 Å². The second kappa shape index (κ2) is 9.03. The van der Waals surface area contributed by atoms with Gasteiger partial charge in [0.05, 0.1) is 11.2 Å². The Kier molecular flexibility index (Phi) is 5.97. The van der Waals surface area contributed by atoms with Crippen molar-refractivity contribution in [2.45, 2.75) is 18.5 Å². The molecule has 5 nitrogen and oxygen atoms in total. The van der Waals surface area contributed by atoms with Gasteiger partial charge in [0, 0.05) is 38.0 Å². The summed E-state index contributed by atoms with van der Waals surface area (Å²) in [6, 6.07) is 14.3. The van der Waals surface area contributed by atoms with Crippen LogP contribution in [0.25, 0.3) is 16.6 Å². The molecule has 0 amide bonds. The van der Waals surface area contributed by atoms with Gasteiger partial charge in [0.2, 0.25) is 0 Å². The first-order valence-electron chi connectivity index (χ1n) is 10.9. The van der Waals surface area contributed by atoms with Gasteiger partial charge in [-0.25, -0.2) is 8.78 Å². The van der Waals surface area contributed by atoms with E-state index in [1.54, 1.807) is 11.8 Å². The van der Waals surface area contributed by atoms with E-state index in [-0.39, 0.29) is 0 Å². The lowest BCUT2D eigenvalue weighted by Crippen LogP contribution is -2.47. The molecule has 166 valence electrons. The third kappa shape index (κ3) is 4.17. The van der Waals surface area contributed by atoms with Crippen molar-refractivity contribution in [3.05, 3.63) is 65.7 Å². The van der Waals surface area contributed by atoms with Gasteiger partial charge in [-0.3, -0.25) is 9.30 Å². The Labute approximate surface area is 190 Å². The Hall–Kier alpha value is -2.71. The lowest BCUT2D eigenvalue weighted by atomic mass is 10.1. The van der Waals surface area contributed by atoms with E-state index in [0.29, 0.717) is 5.69 Å². The Morgan fingerprint density at radius 1 is 0.969 bits per heavy atom. The minimum Gasteiger partial charge on any atom is -0.367 e. The van der Waals surface area contributed by atoms with Gasteiger partial charge in [-0.1, -0.05) is 30.0 Å². The van der Waals surface area contributed by atoms with Crippen LogP contribution < -0.4 is 4.90 Å². The summed E-state index contributed by atoms with van der Waals surface area (Å²) in [5.41, 5.74) is 3.65. The lowest BCUT2D eigenvalue weighted by Gasteiger charge is -2.36. The van der Waals surface area contributed by atoms with Crippen molar-refractivity contribution in [2.75, 3.05) is 43.4 Å². The van der Waals surface area contributed by atoms with E-state index in [0.717, 1.165) is 72.8 Å². The molecule has 4 aromatic rings. The number of aromatic nitrogens is 3. The molecule has 0 bridgehead atoms. The first-order chi connectivity index (χ1) is 15.6. The van der Waals surface area contributed by atoms with E-state index in [1.807, 2.05) is 11.0 Å². The third-order valence-electron chi connectivity index (χ3n) is 6.01. The van der Waals surface area contributed by atoms with Crippen molar-refractivity contribution in [2.24, 2.45) is 0 Å². The molecule has 2 aromatic carbocycles. The molecule has 0 atom stereocenters. The summed E-state index contributed by atoms with van der Waals surface area (Å²) in [6.07, 6.45) is 1.04. The van der Waals surface area contributed by atoms with Crippen LogP contribution in [0.15, 0.2) is 53.7 Å². The number of thioether (sulfide) groups is 1. The van der Waals surface area contributed by atoms with Crippen molar-refractivity contribution < 1.29 is 8.78 Å². The zero-order valence-electron chi connectivity index (χ0n) is 18.0. The summed E-state index contributed by atoms with van der Waals surface area (Å²) in [5.74, 6) is -0.0697. The number of rotatable bonds is 6. The Morgan fingerprint density at radius 3 is 2.59 bits per heavy atom. The van der Waals surface area contributed by atoms with Crippen LogP contribution in [0, 0.1) is 18.6 Å². The summed E-state index contributed by atoms with van der Waals surface area (Å²) >= 11 is 1.74. The Morgan fingerprint density at radius 2 is 1.78 bits per heavy atom. The highest BCUT2D eigenvalue weighted by Crippen LogP contribution is 2.26. The molecule has 8 heteroatoms. The lowest BCUT2D eigenvalue weighted by molar-refractivity contribution is 0.258. The SMILES string of the molecule is Cc1cc2ccccc2n2c(SCCCN3CCN(c4ccc(F)cc4F)CC3)nnc12. The summed E-state index contributed by atoms with van der Waals surface area (Å²) in [5, 5.41) is 11.0. The Balaban J connectivity index is 1.16. The summed E-state index contributed by atoms with van der Waals surface area (Å²) in [7, 11) is 0. The highest BCUT2D eigenvalue weighted by Gasteiger charge is 2.19. The molecule has 0 aliphatic carbocycles. The normalized spacial score (nSPS) is 15.2. The maximum absolute atomic E-state index is 14.0. The van der Waals surface area contributed by atoms with Gasteiger partial charge in [-0.2, -0.15) is 0 Å². The van der Waals surface area contributed by atoms with Crippen molar-refractivity contribution in [3.63, 3.8) is 0 Å². The summed E-state index contributed by atoms with van der Waals surface area (Å²) in [4.78, 5) is 4.40. The van der Waals surface area contributed by atoms with E-state index in [1.165, 1.54) is 17.5 Å². The molecule has 0 spiro atoms. The second-order valence-electron chi connectivity index (χ2n) is 8.15. The number of anilines is 1. The van der Waals surface area contributed by atoms with Gasteiger partial charge in [-0.15, -0.1) is 10.2 Å². The van der Waals surface area contributed by atoms with Gasteiger partial charge < -0.3 is 4.90 Å². The number of halogens is 2. The third-order valence-corrected chi connectivity index (χ3v) is 7.02. The van der Waals surface area contributed by atoms with Crippen LogP contribution in [0.2, 0.25) is 0 Å². The monoisotopic (exact) mass is 453 g/mol. The first-order valence-corrected chi connectivity index (χ1v) is 11.9. The standard InChI is InChI=1S/C24H25F2N5S/c1-17-15-18-5-2-3-6-21(18)31-23(17)27-28-24(31)32-14-4-9-29-10-12-30(13-11-29)22-8-7-19(25)16-20(22)26/h2-3,5-8,15-16H,4,9-14H2,1H3. The molecule has 2 aromatic heterocycles. The first kappa shape index (κ1) is 21.2. The zero-order chi connectivity index (χ0) is 22.1. The van der Waals surface area contributed by atoms with Crippen LogP contribution in [0.5, 0.6) is 0 Å². The average molecular weight is 454 g/mol. The van der Waals surface area contributed by atoms with Gasteiger partial charge in [0.1, 0.15) is 11.6 Å². The number of fused-ring (bicyclic) bond motifs is 3. The van der Waals surface area contributed by atoms with E-state index in [9.17, 15) is 8.78 Å². The number of nitrogens with zero attached hydrogens (tertiary/aromatic N) is 5. The molecule has 0 radical (unpaired) electrons. The molecular formula is C24H25F2N5S. The van der Waals surface area contributed by atoms with E-state index >= 15 is 0 Å². The fourth-order valence-electron chi connectivity index (χ4n) is 4.35. The predicted molar refractivity (Wildman–Crippen MR) is 126 cm³/mol. The Bertz CT molecular complexity index is 1250. The molecule has 5 rings (SSSR count). The summed E-state index contributed by atoms with van der Waals surface area (Å²) in [6.45, 7) is 6.30. The number of aryl methyl sites for hydroxylation is 1. The number of benzene rings is 2. The van der Waals surface area contributed by atoms with Gasteiger partial charge >= 0.3 is 0 Å². The molecule has 0 N–H and O–H groups in total. The molecule has 1 saturated heterocycles. The number of pyridine rings is 1. The second-order valence-corrected chi connectivity index (χ2v) is 9.22. The fourth-order valence-corrected chi connectivity index (χ4v) is 5.22. The molecule has 3 heterocycles. The summed E-state index contributed by atoms with van der Waals surface area (Å²) < 4.78 is 29.4. The largest absolute Gasteiger partial charge is 0.367 e.